The molecule has 2 rings (SSSR count). The molecule has 0 heterocycles. The van der Waals surface area contributed by atoms with Crippen molar-refractivity contribution in [3.05, 3.63) is 0 Å². The van der Waals surface area contributed by atoms with E-state index >= 15 is 0 Å². The minimum atomic E-state index is -0.738. The molecule has 0 radical (unpaired) electrons. The predicted octanol–water partition coefficient (Wildman–Crippen LogP) is 2.85. The highest BCUT2D eigenvalue weighted by Gasteiger charge is 2.32. The van der Waals surface area contributed by atoms with Crippen molar-refractivity contribution in [2.75, 3.05) is 7.05 Å². The lowest BCUT2D eigenvalue weighted by Gasteiger charge is -2.35. The van der Waals surface area contributed by atoms with Gasteiger partial charge in [0, 0.05) is 19.1 Å². The summed E-state index contributed by atoms with van der Waals surface area (Å²) in [5.41, 5.74) is 0. The fraction of sp³-hybridized carbons (Fsp3) is 0.875. The minimum absolute atomic E-state index is 0.0213. The number of carbonyl (C=O) groups is 2. The maximum absolute atomic E-state index is 12.3. The lowest BCUT2D eigenvalue weighted by molar-refractivity contribution is -0.141. The van der Waals surface area contributed by atoms with E-state index in [2.05, 4.69) is 12.2 Å². The highest BCUT2D eigenvalue weighted by atomic mass is 16.4. The number of nitrogens with zero attached hydrogens (tertiary/aromatic N) is 1. The van der Waals surface area contributed by atoms with E-state index < -0.39 is 5.97 Å². The Balaban J connectivity index is 1.77. The van der Waals surface area contributed by atoms with Crippen LogP contribution in [0.15, 0.2) is 0 Å². The first-order valence-electron chi connectivity index (χ1n) is 8.27. The Morgan fingerprint density at radius 1 is 1.14 bits per heavy atom. The van der Waals surface area contributed by atoms with Gasteiger partial charge >= 0.3 is 12.0 Å². The van der Waals surface area contributed by atoms with Gasteiger partial charge in [-0.15, -0.1) is 0 Å². The zero-order valence-corrected chi connectivity index (χ0v) is 13.2. The molecule has 0 spiro atoms. The number of carboxylic acid groups (broad SMARTS) is 1. The Labute approximate surface area is 127 Å². The number of nitrogens with one attached hydrogen (secondary N) is 1. The van der Waals surface area contributed by atoms with Gasteiger partial charge in [-0.3, -0.25) is 4.79 Å². The monoisotopic (exact) mass is 296 g/mol. The molecular weight excluding hydrogens is 268 g/mol. The van der Waals surface area contributed by atoms with Gasteiger partial charge < -0.3 is 15.3 Å². The van der Waals surface area contributed by atoms with Crippen LogP contribution in [0, 0.1) is 11.8 Å². The van der Waals surface area contributed by atoms with Gasteiger partial charge in [0.05, 0.1) is 5.92 Å². The number of carboxylic acids is 1. The first-order valence-corrected chi connectivity index (χ1v) is 8.27. The van der Waals surface area contributed by atoms with E-state index in [0.29, 0.717) is 18.9 Å². The lowest BCUT2D eigenvalue weighted by atomic mass is 9.84. The number of hydrogen-bond donors (Lipinski definition) is 2. The molecule has 2 aliphatic carbocycles. The van der Waals surface area contributed by atoms with Crippen molar-refractivity contribution in [3.63, 3.8) is 0 Å². The summed E-state index contributed by atoms with van der Waals surface area (Å²) in [5.74, 6) is -0.206. The van der Waals surface area contributed by atoms with Crippen molar-refractivity contribution in [2.45, 2.75) is 70.4 Å². The molecule has 21 heavy (non-hydrogen) atoms. The van der Waals surface area contributed by atoms with Crippen molar-refractivity contribution in [3.8, 4) is 0 Å². The van der Waals surface area contributed by atoms with Gasteiger partial charge in [0.2, 0.25) is 0 Å². The molecule has 2 aliphatic rings. The lowest BCUT2D eigenvalue weighted by Crippen LogP contribution is -2.47. The number of urea groups is 1. The predicted molar refractivity (Wildman–Crippen MR) is 81.1 cm³/mol. The van der Waals surface area contributed by atoms with Crippen LogP contribution in [0.25, 0.3) is 0 Å². The fourth-order valence-corrected chi connectivity index (χ4v) is 3.72. The van der Waals surface area contributed by atoms with E-state index in [1.165, 1.54) is 19.3 Å². The summed E-state index contributed by atoms with van der Waals surface area (Å²) in [6.07, 6.45) is 7.85. The van der Waals surface area contributed by atoms with Crippen LogP contribution in [0.2, 0.25) is 0 Å². The van der Waals surface area contributed by atoms with Crippen LogP contribution < -0.4 is 5.32 Å². The fourth-order valence-electron chi connectivity index (χ4n) is 3.72. The molecular formula is C16H28N2O3. The van der Waals surface area contributed by atoms with Crippen LogP contribution in [0.5, 0.6) is 0 Å². The summed E-state index contributed by atoms with van der Waals surface area (Å²) in [4.78, 5) is 25.1. The van der Waals surface area contributed by atoms with Crippen molar-refractivity contribution < 1.29 is 14.7 Å². The van der Waals surface area contributed by atoms with Gasteiger partial charge in [0.15, 0.2) is 0 Å². The average Bonchev–Trinajstić information content (AvgIpc) is 2.95. The molecule has 2 atom stereocenters. The highest BCUT2D eigenvalue weighted by Crippen LogP contribution is 2.29. The SMILES string of the molecule is CCC1CCC(N(C)C(=O)NC2CCC(C(=O)O)C2)CC1. The number of aliphatic carboxylic acids is 1. The standard InChI is InChI=1S/C16H28N2O3/c1-3-11-4-8-14(9-5-11)18(2)16(21)17-13-7-6-12(10-13)15(19)20/h11-14H,3-10H2,1-2H3,(H,17,21)(H,19,20). The molecule has 0 aromatic carbocycles. The Morgan fingerprint density at radius 2 is 1.81 bits per heavy atom. The minimum Gasteiger partial charge on any atom is -0.481 e. The molecule has 0 aromatic heterocycles. The summed E-state index contributed by atoms with van der Waals surface area (Å²) >= 11 is 0. The zero-order valence-electron chi connectivity index (χ0n) is 13.2. The third-order valence-corrected chi connectivity index (χ3v) is 5.37. The quantitative estimate of drug-likeness (QED) is 0.838. The average molecular weight is 296 g/mol. The second-order valence-electron chi connectivity index (χ2n) is 6.69. The van der Waals surface area contributed by atoms with Crippen LogP contribution in [0.1, 0.15) is 58.3 Å². The Bertz CT molecular complexity index is 378. The van der Waals surface area contributed by atoms with Crippen LogP contribution >= 0.6 is 0 Å². The van der Waals surface area contributed by atoms with Crippen LogP contribution in [-0.4, -0.2) is 41.1 Å². The number of carbonyl (C=O) groups excluding carboxylic acids is 1. The second-order valence-corrected chi connectivity index (χ2v) is 6.69. The zero-order chi connectivity index (χ0) is 15.4. The Morgan fingerprint density at radius 3 is 2.33 bits per heavy atom. The van der Waals surface area contributed by atoms with Crippen molar-refractivity contribution >= 4 is 12.0 Å². The van der Waals surface area contributed by atoms with E-state index in [1.54, 1.807) is 0 Å². The molecule has 5 heteroatoms. The first kappa shape index (κ1) is 16.1. The molecule has 0 saturated heterocycles. The van der Waals surface area contributed by atoms with Crippen LogP contribution in [0.4, 0.5) is 4.79 Å². The number of amides is 2. The second kappa shape index (κ2) is 7.14. The van der Waals surface area contributed by atoms with Gasteiger partial charge in [-0.25, -0.2) is 4.79 Å². The summed E-state index contributed by atoms with van der Waals surface area (Å²) < 4.78 is 0. The van der Waals surface area contributed by atoms with Crippen LogP contribution in [-0.2, 0) is 4.79 Å². The maximum Gasteiger partial charge on any atom is 0.317 e. The third kappa shape index (κ3) is 4.11. The summed E-state index contributed by atoms with van der Waals surface area (Å²) in [6.45, 7) is 2.24. The van der Waals surface area contributed by atoms with Gasteiger partial charge in [0.25, 0.3) is 0 Å². The topological polar surface area (TPSA) is 69.6 Å². The van der Waals surface area contributed by atoms with E-state index in [9.17, 15) is 9.59 Å². The van der Waals surface area contributed by atoms with Gasteiger partial charge in [-0.05, 0) is 50.9 Å². The van der Waals surface area contributed by atoms with Crippen molar-refractivity contribution in [2.24, 2.45) is 11.8 Å². The van der Waals surface area contributed by atoms with Gasteiger partial charge in [-0.1, -0.05) is 13.3 Å². The Hall–Kier alpha value is -1.26. The largest absolute Gasteiger partial charge is 0.481 e. The first-order chi connectivity index (χ1) is 10.0. The Kier molecular flexibility index (Phi) is 5.48. The maximum atomic E-state index is 12.3. The van der Waals surface area contributed by atoms with Crippen molar-refractivity contribution in [1.82, 2.24) is 10.2 Å². The molecule has 2 amide bonds. The van der Waals surface area contributed by atoms with Gasteiger partial charge in [-0.2, -0.15) is 0 Å². The van der Waals surface area contributed by atoms with E-state index in [-0.39, 0.29) is 18.0 Å². The third-order valence-electron chi connectivity index (χ3n) is 5.37. The summed E-state index contributed by atoms with van der Waals surface area (Å²) in [6, 6.07) is 0.323. The van der Waals surface area contributed by atoms with E-state index in [1.807, 2.05) is 11.9 Å². The molecule has 0 aliphatic heterocycles. The van der Waals surface area contributed by atoms with E-state index in [4.69, 9.17) is 5.11 Å². The van der Waals surface area contributed by atoms with Crippen LogP contribution in [0.3, 0.4) is 0 Å². The van der Waals surface area contributed by atoms with Gasteiger partial charge in [0.1, 0.15) is 0 Å². The molecule has 5 nitrogen and oxygen atoms in total. The highest BCUT2D eigenvalue weighted by molar-refractivity contribution is 5.75. The molecule has 2 N–H and O–H groups in total. The normalized spacial score (nSPS) is 32.7. The van der Waals surface area contributed by atoms with Crippen molar-refractivity contribution in [1.29, 1.82) is 0 Å². The molecule has 2 fully saturated rings. The van der Waals surface area contributed by atoms with E-state index in [0.717, 1.165) is 25.2 Å². The molecule has 0 aromatic rings. The molecule has 0 bridgehead atoms. The molecule has 2 unspecified atom stereocenters. The number of hydrogen-bond acceptors (Lipinski definition) is 2. The summed E-state index contributed by atoms with van der Waals surface area (Å²) in [5, 5.41) is 12.0. The molecule has 2 saturated carbocycles. The summed E-state index contributed by atoms with van der Waals surface area (Å²) in [7, 11) is 1.87. The molecule has 120 valence electrons. The smallest absolute Gasteiger partial charge is 0.317 e. The number of rotatable bonds is 4.